The number of hydrogen-bond donors (Lipinski definition) is 2. The molecule has 2 heterocycles. The number of benzene rings is 3. The number of aromatic nitrogens is 1. The molecule has 5 rings (SSSR count). The first-order chi connectivity index (χ1) is 16.8. The molecule has 0 spiro atoms. The molecule has 180 valence electrons. The maximum absolute atomic E-state index is 14.0. The molecule has 1 aromatic heterocycles. The summed E-state index contributed by atoms with van der Waals surface area (Å²) >= 11 is 0. The quantitative estimate of drug-likeness (QED) is 0.336. The van der Waals surface area contributed by atoms with Gasteiger partial charge in [-0.3, -0.25) is 4.79 Å². The topological polar surface area (TPSA) is 93.8 Å². The molecule has 0 saturated heterocycles. The Hall–Kier alpha value is -4.05. The maximum atomic E-state index is 14.0. The second-order valence-electron chi connectivity index (χ2n) is 7.97. The summed E-state index contributed by atoms with van der Waals surface area (Å²) in [5.74, 6) is 0.0584. The third-order valence-electron chi connectivity index (χ3n) is 5.55. The number of ether oxygens (including phenoxy) is 2. The molecule has 0 bridgehead atoms. The molecular weight excluding hydrogens is 465 g/mol. The van der Waals surface area contributed by atoms with Crippen molar-refractivity contribution in [2.24, 2.45) is 0 Å². The van der Waals surface area contributed by atoms with E-state index in [0.717, 1.165) is 11.6 Å². The Morgan fingerprint density at radius 3 is 2.60 bits per heavy atom. The van der Waals surface area contributed by atoms with E-state index in [1.807, 2.05) is 0 Å². The fourth-order valence-corrected chi connectivity index (χ4v) is 3.86. The van der Waals surface area contributed by atoms with Crippen molar-refractivity contribution in [2.75, 3.05) is 13.3 Å². The number of rotatable bonds is 7. The van der Waals surface area contributed by atoms with Crippen LogP contribution in [-0.2, 0) is 17.5 Å². The number of nitrogens with zero attached hydrogens (tertiary/aromatic N) is 1. The van der Waals surface area contributed by atoms with Crippen molar-refractivity contribution >= 4 is 17.1 Å². The van der Waals surface area contributed by atoms with E-state index in [9.17, 15) is 18.0 Å². The summed E-state index contributed by atoms with van der Waals surface area (Å²) < 4.78 is 58.4. The Labute approximate surface area is 197 Å². The minimum Gasteiger partial charge on any atom is -0.481 e. The van der Waals surface area contributed by atoms with E-state index in [4.69, 9.17) is 19.0 Å². The third-order valence-corrected chi connectivity index (χ3v) is 5.55. The van der Waals surface area contributed by atoms with E-state index in [0.29, 0.717) is 41.3 Å². The second kappa shape index (κ2) is 8.95. The van der Waals surface area contributed by atoms with Crippen molar-refractivity contribution in [3.05, 3.63) is 65.7 Å². The van der Waals surface area contributed by atoms with E-state index in [2.05, 4.69) is 10.3 Å². The first-order valence-corrected chi connectivity index (χ1v) is 10.7. The zero-order chi connectivity index (χ0) is 24.6. The highest BCUT2D eigenvalue weighted by molar-refractivity contribution is 5.79. The fraction of sp³-hybridized carbons (Fsp3) is 0.200. The minimum absolute atomic E-state index is 0.00150. The molecule has 2 N–H and O–H groups in total. The monoisotopic (exact) mass is 484 g/mol. The second-order valence-corrected chi connectivity index (χ2v) is 7.97. The summed E-state index contributed by atoms with van der Waals surface area (Å²) in [7, 11) is 0. The Kier molecular flexibility index (Phi) is 5.81. The minimum atomic E-state index is -4.61. The number of oxazole rings is 1. The van der Waals surface area contributed by atoms with E-state index in [1.54, 1.807) is 30.3 Å². The van der Waals surface area contributed by atoms with Gasteiger partial charge < -0.3 is 24.3 Å². The van der Waals surface area contributed by atoms with Gasteiger partial charge >= 0.3 is 12.1 Å². The van der Waals surface area contributed by atoms with Crippen molar-refractivity contribution in [1.29, 1.82) is 0 Å². The Morgan fingerprint density at radius 2 is 1.80 bits per heavy atom. The summed E-state index contributed by atoms with van der Waals surface area (Å²) in [5.41, 5.74) is 1.49. The summed E-state index contributed by atoms with van der Waals surface area (Å²) in [6.45, 7) is 0.758. The highest BCUT2D eigenvalue weighted by Gasteiger charge is 2.35. The van der Waals surface area contributed by atoms with Gasteiger partial charge in [0.05, 0.1) is 12.0 Å². The maximum Gasteiger partial charge on any atom is 0.417 e. The number of fused-ring (bicyclic) bond motifs is 2. The third kappa shape index (κ3) is 4.78. The van der Waals surface area contributed by atoms with Gasteiger partial charge in [-0.05, 0) is 53.1 Å². The molecule has 0 amide bonds. The normalized spacial score (nSPS) is 12.9. The highest BCUT2D eigenvalue weighted by Crippen LogP contribution is 2.42. The van der Waals surface area contributed by atoms with E-state index in [-0.39, 0.29) is 30.2 Å². The molecule has 1 aliphatic heterocycles. The van der Waals surface area contributed by atoms with Crippen LogP contribution in [0.4, 0.5) is 13.2 Å². The molecule has 1 aliphatic rings. The highest BCUT2D eigenvalue weighted by atomic mass is 19.4. The molecule has 0 aliphatic carbocycles. The number of nitrogens with one attached hydrogen (secondary N) is 1. The van der Waals surface area contributed by atoms with Crippen LogP contribution in [0.1, 0.15) is 17.5 Å². The first kappa shape index (κ1) is 22.7. The van der Waals surface area contributed by atoms with Crippen molar-refractivity contribution < 1.29 is 37.0 Å². The van der Waals surface area contributed by atoms with Gasteiger partial charge in [0.15, 0.2) is 17.1 Å². The van der Waals surface area contributed by atoms with Gasteiger partial charge in [0.1, 0.15) is 5.52 Å². The van der Waals surface area contributed by atoms with E-state index in [1.165, 1.54) is 18.2 Å². The smallest absolute Gasteiger partial charge is 0.417 e. The number of carboxylic acid groups (broad SMARTS) is 1. The van der Waals surface area contributed by atoms with Gasteiger partial charge in [-0.15, -0.1) is 0 Å². The van der Waals surface area contributed by atoms with Crippen LogP contribution in [0.2, 0.25) is 0 Å². The van der Waals surface area contributed by atoms with Crippen molar-refractivity contribution in [2.45, 2.75) is 19.1 Å². The van der Waals surface area contributed by atoms with Gasteiger partial charge in [-0.2, -0.15) is 13.2 Å². The number of alkyl halides is 3. The largest absolute Gasteiger partial charge is 0.481 e. The van der Waals surface area contributed by atoms with E-state index >= 15 is 0 Å². The van der Waals surface area contributed by atoms with Gasteiger partial charge in [0.2, 0.25) is 12.7 Å². The lowest BCUT2D eigenvalue weighted by molar-refractivity contribution is -0.137. The molecule has 0 saturated carbocycles. The number of halogens is 3. The van der Waals surface area contributed by atoms with Crippen LogP contribution in [0.15, 0.2) is 59.0 Å². The molecule has 4 aromatic rings. The predicted molar refractivity (Wildman–Crippen MR) is 120 cm³/mol. The average Bonchev–Trinajstić information content (AvgIpc) is 3.47. The van der Waals surface area contributed by atoms with Gasteiger partial charge in [0, 0.05) is 18.7 Å². The average molecular weight is 484 g/mol. The molecule has 3 aromatic carbocycles. The number of aliphatic carboxylic acids is 1. The SMILES string of the molecule is O=C(O)CCNCc1ccc2nc(-c3ccc(-c4ccc5c(c4)OCO5)c(C(F)(F)F)c3)oc2c1. The predicted octanol–water partition coefficient (Wildman–Crippen LogP) is 5.47. The van der Waals surface area contributed by atoms with Crippen LogP contribution >= 0.6 is 0 Å². The number of carboxylic acids is 1. The lowest BCUT2D eigenvalue weighted by Gasteiger charge is -2.14. The number of carbonyl (C=O) groups is 1. The van der Waals surface area contributed by atoms with E-state index < -0.39 is 17.7 Å². The van der Waals surface area contributed by atoms with Crippen LogP contribution in [0.25, 0.3) is 33.7 Å². The molecule has 0 radical (unpaired) electrons. The lowest BCUT2D eigenvalue weighted by Crippen LogP contribution is -2.17. The van der Waals surface area contributed by atoms with Gasteiger partial charge in [-0.25, -0.2) is 4.98 Å². The molecule has 0 atom stereocenters. The zero-order valence-corrected chi connectivity index (χ0v) is 18.2. The molecule has 10 heteroatoms. The van der Waals surface area contributed by atoms with Crippen LogP contribution < -0.4 is 14.8 Å². The lowest BCUT2D eigenvalue weighted by atomic mass is 9.96. The first-order valence-electron chi connectivity index (χ1n) is 10.7. The Balaban J connectivity index is 1.45. The van der Waals surface area contributed by atoms with Gasteiger partial charge in [0.25, 0.3) is 0 Å². The molecule has 0 unspecified atom stereocenters. The van der Waals surface area contributed by atoms with Crippen LogP contribution in [0, 0.1) is 0 Å². The summed E-state index contributed by atoms with van der Waals surface area (Å²) in [4.78, 5) is 15.0. The standard InChI is InChI=1S/C25H19F3N2O5/c26-25(27,28)18-10-16(2-4-17(18)15-3-6-20-22(11-15)34-13-33-20)24-30-19-5-1-14(9-21(19)35-24)12-29-8-7-23(31)32/h1-6,9-11,29H,7-8,12-13H2,(H,31,32). The van der Waals surface area contributed by atoms with Crippen LogP contribution in [0.3, 0.4) is 0 Å². The fourth-order valence-electron chi connectivity index (χ4n) is 3.86. The van der Waals surface area contributed by atoms with Gasteiger partial charge in [-0.1, -0.05) is 18.2 Å². The Morgan fingerprint density at radius 1 is 1.00 bits per heavy atom. The molecule has 7 nitrogen and oxygen atoms in total. The van der Waals surface area contributed by atoms with Crippen LogP contribution in [-0.4, -0.2) is 29.4 Å². The van der Waals surface area contributed by atoms with Crippen LogP contribution in [0.5, 0.6) is 11.5 Å². The zero-order valence-electron chi connectivity index (χ0n) is 18.2. The summed E-state index contributed by atoms with van der Waals surface area (Å²) in [6, 6.07) is 13.9. The Bertz CT molecular complexity index is 1410. The summed E-state index contributed by atoms with van der Waals surface area (Å²) in [6.07, 6.45) is -4.61. The molecule has 0 fully saturated rings. The summed E-state index contributed by atoms with van der Waals surface area (Å²) in [5, 5.41) is 11.7. The van der Waals surface area contributed by atoms with Crippen molar-refractivity contribution in [3.63, 3.8) is 0 Å². The molecule has 35 heavy (non-hydrogen) atoms. The van der Waals surface area contributed by atoms with Crippen molar-refractivity contribution in [1.82, 2.24) is 10.3 Å². The molecular formula is C25H19F3N2O5. The number of hydrogen-bond acceptors (Lipinski definition) is 6. The van der Waals surface area contributed by atoms with Crippen molar-refractivity contribution in [3.8, 4) is 34.1 Å².